The van der Waals surface area contributed by atoms with Gasteiger partial charge in [-0.05, 0) is 13.3 Å². The number of hydrogen-bond donors (Lipinski definition) is 0. The zero-order chi connectivity index (χ0) is 11.1. The SMILES string of the molecule is CCOC(=O)CCCn1ccnc1C=O. The van der Waals surface area contributed by atoms with Gasteiger partial charge in [0.1, 0.15) is 0 Å². The number of ether oxygens (including phenoxy) is 1. The van der Waals surface area contributed by atoms with Gasteiger partial charge in [0, 0.05) is 25.4 Å². The van der Waals surface area contributed by atoms with Crippen LogP contribution in [-0.2, 0) is 16.1 Å². The van der Waals surface area contributed by atoms with Crippen LogP contribution in [0.1, 0.15) is 30.4 Å². The Morgan fingerprint density at radius 3 is 3.13 bits per heavy atom. The lowest BCUT2D eigenvalue weighted by molar-refractivity contribution is -0.143. The highest BCUT2D eigenvalue weighted by atomic mass is 16.5. The number of imidazole rings is 1. The second-order valence-corrected chi connectivity index (χ2v) is 3.01. The first-order chi connectivity index (χ1) is 7.27. The summed E-state index contributed by atoms with van der Waals surface area (Å²) in [6.07, 6.45) is 4.99. The van der Waals surface area contributed by atoms with E-state index in [9.17, 15) is 9.59 Å². The van der Waals surface area contributed by atoms with Gasteiger partial charge in [-0.15, -0.1) is 0 Å². The van der Waals surface area contributed by atoms with E-state index in [1.807, 2.05) is 0 Å². The number of carbonyl (C=O) groups is 2. The summed E-state index contributed by atoms with van der Waals surface area (Å²) in [5, 5.41) is 0. The van der Waals surface area contributed by atoms with Crippen molar-refractivity contribution >= 4 is 12.3 Å². The third kappa shape index (κ3) is 3.53. The molecule has 5 heteroatoms. The molecule has 0 aliphatic heterocycles. The Hall–Kier alpha value is -1.65. The van der Waals surface area contributed by atoms with E-state index in [4.69, 9.17) is 4.74 Å². The van der Waals surface area contributed by atoms with Gasteiger partial charge in [-0.1, -0.05) is 0 Å². The minimum absolute atomic E-state index is 0.203. The summed E-state index contributed by atoms with van der Waals surface area (Å²) in [5.41, 5.74) is 0. The van der Waals surface area contributed by atoms with Crippen LogP contribution >= 0.6 is 0 Å². The molecule has 0 aliphatic carbocycles. The molecule has 0 saturated heterocycles. The van der Waals surface area contributed by atoms with E-state index in [2.05, 4.69) is 4.98 Å². The van der Waals surface area contributed by atoms with Crippen molar-refractivity contribution in [2.45, 2.75) is 26.3 Å². The standard InChI is InChI=1S/C10H14N2O3/c1-2-15-10(14)4-3-6-12-7-5-11-9(12)8-13/h5,7-8H,2-4,6H2,1H3. The second-order valence-electron chi connectivity index (χ2n) is 3.01. The smallest absolute Gasteiger partial charge is 0.305 e. The fourth-order valence-corrected chi connectivity index (χ4v) is 1.25. The van der Waals surface area contributed by atoms with E-state index >= 15 is 0 Å². The first-order valence-electron chi connectivity index (χ1n) is 4.90. The summed E-state index contributed by atoms with van der Waals surface area (Å²) in [6.45, 7) is 2.79. The minimum atomic E-state index is -0.203. The minimum Gasteiger partial charge on any atom is -0.466 e. The fourth-order valence-electron chi connectivity index (χ4n) is 1.25. The molecule has 0 atom stereocenters. The number of hydrogen-bond acceptors (Lipinski definition) is 4. The highest BCUT2D eigenvalue weighted by molar-refractivity contribution is 5.69. The van der Waals surface area contributed by atoms with Gasteiger partial charge in [0.15, 0.2) is 12.1 Å². The third-order valence-electron chi connectivity index (χ3n) is 1.94. The van der Waals surface area contributed by atoms with E-state index in [-0.39, 0.29) is 5.97 Å². The number of esters is 1. The molecule has 0 radical (unpaired) electrons. The van der Waals surface area contributed by atoms with Crippen LogP contribution in [0, 0.1) is 0 Å². The zero-order valence-corrected chi connectivity index (χ0v) is 8.68. The topological polar surface area (TPSA) is 61.2 Å². The van der Waals surface area contributed by atoms with Gasteiger partial charge in [-0.2, -0.15) is 0 Å². The maximum absolute atomic E-state index is 11.0. The lowest BCUT2D eigenvalue weighted by Crippen LogP contribution is -2.07. The zero-order valence-electron chi connectivity index (χ0n) is 8.68. The molecule has 5 nitrogen and oxygen atoms in total. The molecule has 15 heavy (non-hydrogen) atoms. The predicted molar refractivity (Wildman–Crippen MR) is 53.5 cm³/mol. The lowest BCUT2D eigenvalue weighted by Gasteiger charge is -2.03. The molecule has 0 spiro atoms. The van der Waals surface area contributed by atoms with Crippen LogP contribution in [0.15, 0.2) is 12.4 Å². The van der Waals surface area contributed by atoms with Crippen molar-refractivity contribution in [2.75, 3.05) is 6.61 Å². The van der Waals surface area contributed by atoms with Crippen molar-refractivity contribution < 1.29 is 14.3 Å². The molecule has 1 rings (SSSR count). The highest BCUT2D eigenvalue weighted by Gasteiger charge is 2.03. The van der Waals surface area contributed by atoms with Crippen molar-refractivity contribution in [3.8, 4) is 0 Å². The van der Waals surface area contributed by atoms with Gasteiger partial charge in [-0.3, -0.25) is 9.59 Å². The number of aromatic nitrogens is 2. The Morgan fingerprint density at radius 2 is 2.47 bits per heavy atom. The van der Waals surface area contributed by atoms with Crippen LogP contribution in [0.5, 0.6) is 0 Å². The first-order valence-corrected chi connectivity index (χ1v) is 4.90. The number of carbonyl (C=O) groups excluding carboxylic acids is 2. The Balaban J connectivity index is 2.31. The van der Waals surface area contributed by atoms with Gasteiger partial charge in [0.05, 0.1) is 6.61 Å². The second kappa shape index (κ2) is 5.95. The molecular formula is C10H14N2O3. The fraction of sp³-hybridized carbons (Fsp3) is 0.500. The summed E-state index contributed by atoms with van der Waals surface area (Å²) < 4.78 is 6.50. The van der Waals surface area contributed by atoms with E-state index in [0.717, 1.165) is 0 Å². The Kier molecular flexibility index (Phi) is 4.53. The Bertz CT molecular complexity index is 333. The van der Waals surface area contributed by atoms with Crippen LogP contribution in [-0.4, -0.2) is 28.4 Å². The van der Waals surface area contributed by atoms with Crippen molar-refractivity contribution in [1.29, 1.82) is 0 Å². The number of nitrogens with zero attached hydrogens (tertiary/aromatic N) is 2. The van der Waals surface area contributed by atoms with Crippen molar-refractivity contribution in [3.63, 3.8) is 0 Å². The van der Waals surface area contributed by atoms with Crippen LogP contribution in [0.25, 0.3) is 0 Å². The average Bonchev–Trinajstić information content (AvgIpc) is 2.66. The number of rotatable bonds is 6. The molecule has 0 bridgehead atoms. The number of aldehydes is 1. The van der Waals surface area contributed by atoms with E-state index in [1.54, 1.807) is 23.9 Å². The van der Waals surface area contributed by atoms with Crippen molar-refractivity contribution in [2.24, 2.45) is 0 Å². The summed E-state index contributed by atoms with van der Waals surface area (Å²) in [5.74, 6) is 0.184. The summed E-state index contributed by atoms with van der Waals surface area (Å²) in [6, 6.07) is 0. The molecule has 0 fully saturated rings. The molecule has 1 aromatic heterocycles. The largest absolute Gasteiger partial charge is 0.466 e. The van der Waals surface area contributed by atoms with Crippen LogP contribution in [0.3, 0.4) is 0 Å². The van der Waals surface area contributed by atoms with Crippen LogP contribution in [0.4, 0.5) is 0 Å². The molecule has 0 amide bonds. The molecule has 0 N–H and O–H groups in total. The normalized spacial score (nSPS) is 9.93. The third-order valence-corrected chi connectivity index (χ3v) is 1.94. The lowest BCUT2D eigenvalue weighted by atomic mass is 10.3. The molecule has 0 unspecified atom stereocenters. The average molecular weight is 210 g/mol. The van der Waals surface area contributed by atoms with Gasteiger partial charge in [0.2, 0.25) is 0 Å². The summed E-state index contributed by atoms with van der Waals surface area (Å²) in [4.78, 5) is 25.4. The van der Waals surface area contributed by atoms with Crippen LogP contribution < -0.4 is 0 Å². The maximum atomic E-state index is 11.0. The predicted octanol–water partition coefficient (Wildman–Crippen LogP) is 1.04. The molecule has 1 aromatic rings. The Morgan fingerprint density at radius 1 is 1.67 bits per heavy atom. The summed E-state index contributed by atoms with van der Waals surface area (Å²) in [7, 11) is 0. The molecule has 0 aliphatic rings. The molecule has 0 saturated carbocycles. The van der Waals surface area contributed by atoms with Gasteiger partial charge in [-0.25, -0.2) is 4.98 Å². The van der Waals surface area contributed by atoms with Gasteiger partial charge < -0.3 is 9.30 Å². The van der Waals surface area contributed by atoms with Crippen molar-refractivity contribution in [3.05, 3.63) is 18.2 Å². The van der Waals surface area contributed by atoms with Gasteiger partial charge >= 0.3 is 5.97 Å². The summed E-state index contributed by atoms with van der Waals surface area (Å²) >= 11 is 0. The Labute approximate surface area is 88.1 Å². The van der Waals surface area contributed by atoms with Crippen molar-refractivity contribution in [1.82, 2.24) is 9.55 Å². The van der Waals surface area contributed by atoms with Gasteiger partial charge in [0.25, 0.3) is 0 Å². The molecular weight excluding hydrogens is 196 g/mol. The van der Waals surface area contributed by atoms with E-state index in [0.29, 0.717) is 38.1 Å². The van der Waals surface area contributed by atoms with Crippen LogP contribution in [0.2, 0.25) is 0 Å². The highest BCUT2D eigenvalue weighted by Crippen LogP contribution is 2.00. The maximum Gasteiger partial charge on any atom is 0.305 e. The van der Waals surface area contributed by atoms with E-state index < -0.39 is 0 Å². The molecule has 0 aromatic carbocycles. The monoisotopic (exact) mass is 210 g/mol. The number of aryl methyl sites for hydroxylation is 1. The molecule has 82 valence electrons. The molecule has 1 heterocycles. The first kappa shape index (κ1) is 11.4. The quantitative estimate of drug-likeness (QED) is 0.520. The van der Waals surface area contributed by atoms with E-state index in [1.165, 1.54) is 0 Å².